The van der Waals surface area contributed by atoms with Gasteiger partial charge in [0, 0.05) is 55.9 Å². The zero-order chi connectivity index (χ0) is 28.4. The van der Waals surface area contributed by atoms with Gasteiger partial charge < -0.3 is 29.2 Å². The van der Waals surface area contributed by atoms with Gasteiger partial charge in [0.1, 0.15) is 12.4 Å². The summed E-state index contributed by atoms with van der Waals surface area (Å²) < 4.78 is 13.2. The second-order valence-corrected chi connectivity index (χ2v) is 10.8. The summed E-state index contributed by atoms with van der Waals surface area (Å²) in [6.45, 7) is 5.21. The number of nitrogens with one attached hydrogen (secondary N) is 1. The molecule has 0 aliphatic carbocycles. The Labute approximate surface area is 246 Å². The fourth-order valence-electron chi connectivity index (χ4n) is 5.32. The van der Waals surface area contributed by atoms with Crippen molar-refractivity contribution in [1.29, 1.82) is 0 Å². The third-order valence-electron chi connectivity index (χ3n) is 7.25. The summed E-state index contributed by atoms with van der Waals surface area (Å²) in [6, 6.07) is 22.3. The third-order valence-corrected chi connectivity index (χ3v) is 7.86. The van der Waals surface area contributed by atoms with Crippen LogP contribution in [-0.4, -0.2) is 49.1 Å². The first-order valence-corrected chi connectivity index (χ1v) is 14.0. The molecule has 3 heterocycles. The van der Waals surface area contributed by atoms with E-state index in [1.165, 1.54) is 0 Å². The van der Waals surface area contributed by atoms with Crippen LogP contribution in [0, 0.1) is 13.8 Å². The SMILES string of the molecule is COCCOc1ccc(N2C(=S)NC(c3ccccn3)C2c2cc(C)n(-c3ccc(N(C)C)cc3)c2C)cc1Cl. The maximum atomic E-state index is 6.68. The topological polar surface area (TPSA) is 54.8 Å². The molecular weight excluding hydrogens is 542 g/mol. The molecule has 2 aromatic carbocycles. The van der Waals surface area contributed by atoms with E-state index in [4.69, 9.17) is 38.3 Å². The molecule has 40 heavy (non-hydrogen) atoms. The third kappa shape index (κ3) is 5.39. The maximum Gasteiger partial charge on any atom is 0.174 e. The van der Waals surface area contributed by atoms with Crippen molar-refractivity contribution >= 4 is 40.3 Å². The fraction of sp³-hybridized carbons (Fsp3) is 0.290. The van der Waals surface area contributed by atoms with E-state index in [-0.39, 0.29) is 12.1 Å². The number of hydrogen-bond acceptors (Lipinski definition) is 5. The van der Waals surface area contributed by atoms with Gasteiger partial charge in [-0.15, -0.1) is 0 Å². The van der Waals surface area contributed by atoms with Gasteiger partial charge in [-0.05, 0) is 92.3 Å². The van der Waals surface area contributed by atoms with Crippen LogP contribution >= 0.6 is 23.8 Å². The van der Waals surface area contributed by atoms with Crippen LogP contribution in [0.4, 0.5) is 11.4 Å². The molecule has 0 radical (unpaired) electrons. The molecule has 0 spiro atoms. The van der Waals surface area contributed by atoms with E-state index in [1.54, 1.807) is 7.11 Å². The van der Waals surface area contributed by atoms with Gasteiger partial charge in [-0.25, -0.2) is 0 Å². The molecule has 4 aromatic rings. The summed E-state index contributed by atoms with van der Waals surface area (Å²) in [5.74, 6) is 0.609. The summed E-state index contributed by atoms with van der Waals surface area (Å²) in [7, 11) is 5.74. The van der Waals surface area contributed by atoms with Gasteiger partial charge in [0.2, 0.25) is 0 Å². The summed E-state index contributed by atoms with van der Waals surface area (Å²) >= 11 is 12.6. The number of aromatic nitrogens is 2. The molecule has 208 valence electrons. The van der Waals surface area contributed by atoms with Gasteiger partial charge in [-0.1, -0.05) is 17.7 Å². The van der Waals surface area contributed by atoms with Crippen molar-refractivity contribution in [3.05, 3.63) is 101 Å². The number of ether oxygens (including phenoxy) is 2. The van der Waals surface area contributed by atoms with E-state index >= 15 is 0 Å². The summed E-state index contributed by atoms with van der Waals surface area (Å²) in [5.41, 5.74) is 7.51. The number of pyridine rings is 1. The van der Waals surface area contributed by atoms with Crippen molar-refractivity contribution in [3.8, 4) is 11.4 Å². The minimum absolute atomic E-state index is 0.153. The van der Waals surface area contributed by atoms with E-state index in [1.807, 2.05) is 56.7 Å². The predicted molar refractivity (Wildman–Crippen MR) is 166 cm³/mol. The van der Waals surface area contributed by atoms with Crippen molar-refractivity contribution in [3.63, 3.8) is 0 Å². The minimum Gasteiger partial charge on any atom is -0.490 e. The molecule has 0 saturated carbocycles. The Morgan fingerprint density at radius 1 is 1.00 bits per heavy atom. The number of halogens is 1. The van der Waals surface area contributed by atoms with Gasteiger partial charge in [-0.3, -0.25) is 4.98 Å². The van der Waals surface area contributed by atoms with Crippen molar-refractivity contribution in [2.24, 2.45) is 0 Å². The van der Waals surface area contributed by atoms with Crippen molar-refractivity contribution in [2.45, 2.75) is 25.9 Å². The summed E-state index contributed by atoms with van der Waals surface area (Å²) in [6.07, 6.45) is 1.82. The monoisotopic (exact) mass is 575 g/mol. The zero-order valence-electron chi connectivity index (χ0n) is 23.4. The van der Waals surface area contributed by atoms with Crippen LogP contribution in [0.1, 0.15) is 34.7 Å². The molecule has 2 aromatic heterocycles. The van der Waals surface area contributed by atoms with Crippen LogP contribution in [0.25, 0.3) is 5.69 Å². The zero-order valence-corrected chi connectivity index (χ0v) is 25.0. The number of benzene rings is 2. The molecule has 5 rings (SSSR count). The first-order valence-electron chi connectivity index (χ1n) is 13.2. The Morgan fingerprint density at radius 3 is 2.40 bits per heavy atom. The molecule has 1 fully saturated rings. The molecule has 9 heteroatoms. The Balaban J connectivity index is 1.59. The number of nitrogens with zero attached hydrogens (tertiary/aromatic N) is 4. The highest BCUT2D eigenvalue weighted by Crippen LogP contribution is 2.45. The smallest absolute Gasteiger partial charge is 0.174 e. The molecule has 7 nitrogen and oxygen atoms in total. The number of hydrogen-bond donors (Lipinski definition) is 1. The lowest BCUT2D eigenvalue weighted by atomic mass is 9.96. The Kier molecular flexibility index (Phi) is 8.30. The van der Waals surface area contributed by atoms with Gasteiger partial charge in [-0.2, -0.15) is 0 Å². The Hall–Kier alpha value is -3.59. The van der Waals surface area contributed by atoms with E-state index in [9.17, 15) is 0 Å². The quantitative estimate of drug-likeness (QED) is 0.183. The molecule has 0 bridgehead atoms. The first-order chi connectivity index (χ1) is 19.3. The van der Waals surface area contributed by atoms with Crippen LogP contribution in [0.5, 0.6) is 5.75 Å². The Morgan fingerprint density at radius 2 is 1.75 bits per heavy atom. The van der Waals surface area contributed by atoms with Crippen molar-refractivity contribution < 1.29 is 9.47 Å². The molecule has 1 N–H and O–H groups in total. The second kappa shape index (κ2) is 11.9. The fourth-order valence-corrected chi connectivity index (χ4v) is 5.90. The average molecular weight is 576 g/mol. The molecule has 1 saturated heterocycles. The largest absolute Gasteiger partial charge is 0.490 e. The maximum absolute atomic E-state index is 6.68. The van der Waals surface area contributed by atoms with E-state index < -0.39 is 0 Å². The lowest BCUT2D eigenvalue weighted by molar-refractivity contribution is 0.146. The lowest BCUT2D eigenvalue weighted by Crippen LogP contribution is -2.29. The van der Waals surface area contributed by atoms with E-state index in [0.29, 0.717) is 29.1 Å². The van der Waals surface area contributed by atoms with Gasteiger partial charge in [0.05, 0.1) is 29.4 Å². The molecule has 1 aliphatic rings. The summed E-state index contributed by atoms with van der Waals surface area (Å²) in [5, 5.41) is 4.68. The molecule has 2 atom stereocenters. The second-order valence-electron chi connectivity index (χ2n) is 10.0. The van der Waals surface area contributed by atoms with Crippen LogP contribution in [0.15, 0.2) is 72.9 Å². The number of thiocarbonyl (C=S) groups is 1. The number of anilines is 2. The van der Waals surface area contributed by atoms with Crippen molar-refractivity contribution in [2.75, 3.05) is 44.2 Å². The Bertz CT molecular complexity index is 1490. The average Bonchev–Trinajstić information content (AvgIpc) is 3.44. The highest BCUT2D eigenvalue weighted by atomic mass is 35.5. The van der Waals surface area contributed by atoms with Gasteiger partial charge >= 0.3 is 0 Å². The highest BCUT2D eigenvalue weighted by Gasteiger charge is 2.42. The van der Waals surface area contributed by atoms with Crippen LogP contribution in [0.3, 0.4) is 0 Å². The van der Waals surface area contributed by atoms with Gasteiger partial charge in [0.15, 0.2) is 5.11 Å². The minimum atomic E-state index is -0.157. The molecule has 2 unspecified atom stereocenters. The van der Waals surface area contributed by atoms with Crippen LogP contribution < -0.4 is 19.9 Å². The number of methoxy groups -OCH3 is 1. The van der Waals surface area contributed by atoms with Crippen LogP contribution in [0.2, 0.25) is 5.02 Å². The van der Waals surface area contributed by atoms with Crippen LogP contribution in [-0.2, 0) is 4.74 Å². The van der Waals surface area contributed by atoms with Gasteiger partial charge in [0.25, 0.3) is 0 Å². The number of rotatable bonds is 9. The molecular formula is C31H34ClN5O2S. The van der Waals surface area contributed by atoms with E-state index in [2.05, 4.69) is 63.9 Å². The standard InChI is InChI=1S/C31H34ClN5O2S/c1-20-18-25(21(2)36(20)23-11-9-22(10-12-23)35(3)4)30-29(27-8-6-7-15-33-27)34-31(40)37(30)24-13-14-28(26(32)19-24)39-17-16-38-5/h6-15,18-19,29-30H,16-17H2,1-5H3,(H,34,40). The predicted octanol–water partition coefficient (Wildman–Crippen LogP) is 6.41. The first kappa shape index (κ1) is 28.0. The normalized spacial score (nSPS) is 16.8. The highest BCUT2D eigenvalue weighted by molar-refractivity contribution is 7.80. The summed E-state index contributed by atoms with van der Waals surface area (Å²) in [4.78, 5) is 8.94. The lowest BCUT2D eigenvalue weighted by Gasteiger charge is -2.28. The molecule has 1 aliphatic heterocycles. The van der Waals surface area contributed by atoms with Crippen molar-refractivity contribution in [1.82, 2.24) is 14.9 Å². The van der Waals surface area contributed by atoms with E-state index in [0.717, 1.165) is 39.7 Å². The molecule has 0 amide bonds. The number of aryl methyl sites for hydroxylation is 1.